The summed E-state index contributed by atoms with van der Waals surface area (Å²) >= 11 is 5.85. The summed E-state index contributed by atoms with van der Waals surface area (Å²) in [5.41, 5.74) is 9.42. The molecular weight excluding hydrogens is 280 g/mol. The molecule has 7 nitrogen and oxygen atoms in total. The number of hydrogen-bond acceptors (Lipinski definition) is 6. The number of tetrazole rings is 1. The summed E-state index contributed by atoms with van der Waals surface area (Å²) in [5, 5.41) is 11.4. The van der Waals surface area contributed by atoms with Crippen molar-refractivity contribution in [3.8, 4) is 11.3 Å². The first-order valence-corrected chi connectivity index (χ1v) is 6.22. The number of halogens is 1. The third-order valence-corrected chi connectivity index (χ3v) is 2.94. The average molecular weight is 291 g/mol. The maximum atomic E-state index is 5.85. The van der Waals surface area contributed by atoms with Crippen molar-refractivity contribution >= 4 is 17.5 Å². The molecule has 1 aromatic carbocycles. The van der Waals surface area contributed by atoms with E-state index in [9.17, 15) is 0 Å². The van der Waals surface area contributed by atoms with Gasteiger partial charge in [-0.1, -0.05) is 16.7 Å². The zero-order chi connectivity index (χ0) is 13.9. The summed E-state index contributed by atoms with van der Waals surface area (Å²) in [6.45, 7) is 0.419. The third-order valence-electron chi connectivity index (χ3n) is 2.69. The summed E-state index contributed by atoms with van der Waals surface area (Å²) in [4.78, 5) is 1.28. The van der Waals surface area contributed by atoms with E-state index >= 15 is 0 Å². The van der Waals surface area contributed by atoms with Gasteiger partial charge in [0, 0.05) is 10.6 Å². The number of nitrogens with two attached hydrogens (primary N) is 1. The molecule has 8 heteroatoms. The van der Waals surface area contributed by atoms with Crippen molar-refractivity contribution in [3.05, 3.63) is 47.2 Å². The van der Waals surface area contributed by atoms with E-state index in [1.807, 2.05) is 36.4 Å². The van der Waals surface area contributed by atoms with Gasteiger partial charge >= 0.3 is 0 Å². The van der Waals surface area contributed by atoms with Gasteiger partial charge in [-0.05, 0) is 46.8 Å². The van der Waals surface area contributed by atoms with E-state index < -0.39 is 0 Å². The maximum Gasteiger partial charge on any atom is 0.260 e. The highest BCUT2D eigenvalue weighted by atomic mass is 35.5. The highest BCUT2D eigenvalue weighted by Crippen LogP contribution is 2.23. The van der Waals surface area contributed by atoms with Crippen LogP contribution in [0.2, 0.25) is 5.02 Å². The van der Waals surface area contributed by atoms with Crippen LogP contribution in [0.5, 0.6) is 0 Å². The number of hydrogen-bond donors (Lipinski definition) is 2. The van der Waals surface area contributed by atoms with E-state index in [4.69, 9.17) is 21.8 Å². The molecule has 0 saturated heterocycles. The molecule has 2 heterocycles. The average Bonchev–Trinajstić information content (AvgIpc) is 3.06. The second kappa shape index (κ2) is 5.22. The van der Waals surface area contributed by atoms with Crippen LogP contribution in [0.3, 0.4) is 0 Å². The third kappa shape index (κ3) is 2.57. The van der Waals surface area contributed by atoms with Crippen molar-refractivity contribution < 1.29 is 4.42 Å². The SMILES string of the molecule is Nc1nnnn1NCc1ccc(-c2ccc(Cl)cc2)o1. The summed E-state index contributed by atoms with van der Waals surface area (Å²) in [6, 6.07) is 11.2. The second-order valence-corrected chi connectivity index (χ2v) is 4.49. The predicted molar refractivity (Wildman–Crippen MR) is 74.4 cm³/mol. The Morgan fingerprint density at radius 3 is 2.70 bits per heavy atom. The van der Waals surface area contributed by atoms with Crippen molar-refractivity contribution in [1.29, 1.82) is 0 Å². The lowest BCUT2D eigenvalue weighted by atomic mass is 10.2. The van der Waals surface area contributed by atoms with Crippen molar-refractivity contribution in [2.24, 2.45) is 0 Å². The Bertz CT molecular complexity index is 705. The van der Waals surface area contributed by atoms with E-state index in [0.29, 0.717) is 11.6 Å². The number of nitrogen functional groups attached to an aromatic ring is 1. The Labute approximate surface area is 119 Å². The first-order chi connectivity index (χ1) is 9.72. The Balaban J connectivity index is 1.71. The molecule has 0 aliphatic rings. The molecule has 3 N–H and O–H groups in total. The minimum atomic E-state index is 0.189. The molecule has 2 aromatic heterocycles. The second-order valence-electron chi connectivity index (χ2n) is 4.06. The molecule has 0 fully saturated rings. The van der Waals surface area contributed by atoms with E-state index in [1.165, 1.54) is 4.79 Å². The highest BCUT2D eigenvalue weighted by molar-refractivity contribution is 6.30. The van der Waals surface area contributed by atoms with E-state index in [0.717, 1.165) is 17.1 Å². The molecule has 0 atom stereocenters. The monoisotopic (exact) mass is 290 g/mol. The van der Waals surface area contributed by atoms with Crippen molar-refractivity contribution in [2.75, 3.05) is 11.2 Å². The normalized spacial score (nSPS) is 10.7. The molecule has 0 unspecified atom stereocenters. The summed E-state index contributed by atoms with van der Waals surface area (Å²) < 4.78 is 5.72. The highest BCUT2D eigenvalue weighted by Gasteiger charge is 2.06. The molecule has 0 amide bonds. The Kier molecular flexibility index (Phi) is 3.26. The molecular formula is C12H11ClN6O. The Morgan fingerprint density at radius 2 is 2.00 bits per heavy atom. The van der Waals surface area contributed by atoms with Gasteiger partial charge in [0.25, 0.3) is 5.95 Å². The van der Waals surface area contributed by atoms with Crippen LogP contribution in [0.25, 0.3) is 11.3 Å². The van der Waals surface area contributed by atoms with Gasteiger partial charge in [-0.3, -0.25) is 5.43 Å². The summed E-state index contributed by atoms with van der Waals surface area (Å²) in [5.74, 6) is 1.70. The number of aromatic nitrogens is 4. The van der Waals surface area contributed by atoms with Gasteiger partial charge in [-0.25, -0.2) is 0 Å². The van der Waals surface area contributed by atoms with Gasteiger partial charge in [-0.2, -0.15) is 0 Å². The fraction of sp³-hybridized carbons (Fsp3) is 0.0833. The fourth-order valence-corrected chi connectivity index (χ4v) is 1.83. The van der Waals surface area contributed by atoms with E-state index in [2.05, 4.69) is 21.0 Å². The summed E-state index contributed by atoms with van der Waals surface area (Å²) in [6.07, 6.45) is 0. The number of furan rings is 1. The van der Waals surface area contributed by atoms with Crippen LogP contribution in [0.15, 0.2) is 40.8 Å². The molecule has 102 valence electrons. The Morgan fingerprint density at radius 1 is 1.20 bits per heavy atom. The molecule has 0 saturated carbocycles. The van der Waals surface area contributed by atoms with Gasteiger partial charge in [0.05, 0.1) is 6.54 Å². The quantitative estimate of drug-likeness (QED) is 0.762. The van der Waals surface area contributed by atoms with Crippen LogP contribution in [-0.2, 0) is 6.54 Å². The zero-order valence-corrected chi connectivity index (χ0v) is 11.1. The molecule has 0 aliphatic heterocycles. The largest absolute Gasteiger partial charge is 0.459 e. The lowest BCUT2D eigenvalue weighted by Crippen LogP contribution is -2.18. The standard InChI is InChI=1S/C12H11ClN6O/c13-9-3-1-8(2-4-9)11-6-5-10(20-11)7-15-19-12(14)16-17-18-19/h1-6,15H,7H2,(H2,14,16,18). The predicted octanol–water partition coefficient (Wildman–Crippen LogP) is 1.91. The molecule has 3 rings (SSSR count). The first kappa shape index (κ1) is 12.5. The van der Waals surface area contributed by atoms with Crippen LogP contribution in [0.1, 0.15) is 5.76 Å². The molecule has 3 aromatic rings. The van der Waals surface area contributed by atoms with Gasteiger partial charge in [0.1, 0.15) is 11.5 Å². The lowest BCUT2D eigenvalue weighted by Gasteiger charge is -2.03. The number of rotatable bonds is 4. The lowest BCUT2D eigenvalue weighted by molar-refractivity contribution is 0.517. The van der Waals surface area contributed by atoms with Crippen LogP contribution in [0, 0.1) is 0 Å². The molecule has 20 heavy (non-hydrogen) atoms. The van der Waals surface area contributed by atoms with Crippen molar-refractivity contribution in [1.82, 2.24) is 20.3 Å². The van der Waals surface area contributed by atoms with Crippen LogP contribution in [0.4, 0.5) is 5.95 Å². The van der Waals surface area contributed by atoms with Gasteiger partial charge in [0.2, 0.25) is 0 Å². The topological polar surface area (TPSA) is 94.8 Å². The van der Waals surface area contributed by atoms with Crippen LogP contribution < -0.4 is 11.2 Å². The minimum absolute atomic E-state index is 0.189. The van der Waals surface area contributed by atoms with Gasteiger partial charge in [-0.15, -0.1) is 4.79 Å². The molecule has 0 spiro atoms. The van der Waals surface area contributed by atoms with Crippen LogP contribution >= 0.6 is 11.6 Å². The number of anilines is 1. The van der Waals surface area contributed by atoms with Gasteiger partial charge < -0.3 is 10.2 Å². The Hall–Kier alpha value is -2.54. The molecule has 0 aliphatic carbocycles. The number of nitrogens with zero attached hydrogens (tertiary/aromatic N) is 4. The van der Waals surface area contributed by atoms with Crippen LogP contribution in [-0.4, -0.2) is 20.3 Å². The van der Waals surface area contributed by atoms with Crippen molar-refractivity contribution in [3.63, 3.8) is 0 Å². The summed E-state index contributed by atoms with van der Waals surface area (Å²) in [7, 11) is 0. The smallest absolute Gasteiger partial charge is 0.260 e. The van der Waals surface area contributed by atoms with Crippen molar-refractivity contribution in [2.45, 2.75) is 6.54 Å². The molecule has 0 radical (unpaired) electrons. The van der Waals surface area contributed by atoms with Gasteiger partial charge in [0.15, 0.2) is 0 Å². The van der Waals surface area contributed by atoms with E-state index in [1.54, 1.807) is 0 Å². The number of nitrogens with one attached hydrogen (secondary N) is 1. The zero-order valence-electron chi connectivity index (χ0n) is 10.3. The maximum absolute atomic E-state index is 5.85. The fourth-order valence-electron chi connectivity index (χ4n) is 1.70. The first-order valence-electron chi connectivity index (χ1n) is 5.85. The minimum Gasteiger partial charge on any atom is -0.459 e. The number of benzene rings is 1. The molecule has 0 bridgehead atoms. The van der Waals surface area contributed by atoms with E-state index in [-0.39, 0.29) is 5.95 Å².